The zero-order chi connectivity index (χ0) is 21.0. The monoisotopic (exact) mass is 434 g/mol. The predicted molar refractivity (Wildman–Crippen MR) is 116 cm³/mol. The molecule has 0 bridgehead atoms. The number of thiazole rings is 1. The van der Waals surface area contributed by atoms with Crippen molar-refractivity contribution < 1.29 is 14.3 Å². The van der Waals surface area contributed by atoms with E-state index in [0.29, 0.717) is 10.7 Å². The largest absolute Gasteiger partial charge is 0.444 e. The van der Waals surface area contributed by atoms with Gasteiger partial charge in [-0.2, -0.15) is 0 Å². The zero-order valence-electron chi connectivity index (χ0n) is 17.1. The molecule has 1 aromatic heterocycles. The molecule has 9 heteroatoms. The fraction of sp³-hybridized carbons (Fsp3) is 0.450. The Labute approximate surface area is 179 Å². The molecule has 0 unspecified atom stereocenters. The van der Waals surface area contributed by atoms with Gasteiger partial charge in [-0.05, 0) is 46.0 Å². The topological polar surface area (TPSA) is 74.8 Å². The standard InChI is InChI=1S/C20H26N4O3S2/c1-20(2,3)27-19(26)22-18-21-13-16(29-18)28-15-7-5-6-14(12-15)17(25)24-10-8-23(4)9-11-24/h5-7,12-13H,8-11H2,1-4H3,(H,21,22,26). The molecule has 1 aliphatic heterocycles. The molecule has 1 N–H and O–H groups in total. The van der Waals surface area contributed by atoms with E-state index in [1.807, 2.05) is 49.9 Å². The van der Waals surface area contributed by atoms with Crippen molar-refractivity contribution in [2.45, 2.75) is 35.5 Å². The summed E-state index contributed by atoms with van der Waals surface area (Å²) in [5, 5.41) is 3.13. The number of ether oxygens (including phenoxy) is 1. The highest BCUT2D eigenvalue weighted by Gasteiger charge is 2.21. The van der Waals surface area contributed by atoms with Gasteiger partial charge in [-0.1, -0.05) is 29.2 Å². The minimum absolute atomic E-state index is 0.0668. The second-order valence-corrected chi connectivity index (χ2v) is 10.2. The van der Waals surface area contributed by atoms with Crippen LogP contribution in [0.15, 0.2) is 39.6 Å². The fourth-order valence-electron chi connectivity index (χ4n) is 2.76. The number of anilines is 1. The number of rotatable bonds is 4. The van der Waals surface area contributed by atoms with E-state index < -0.39 is 11.7 Å². The van der Waals surface area contributed by atoms with Crippen molar-refractivity contribution in [2.75, 3.05) is 38.5 Å². The van der Waals surface area contributed by atoms with Crippen molar-refractivity contribution in [1.82, 2.24) is 14.8 Å². The molecule has 0 saturated carbocycles. The van der Waals surface area contributed by atoms with Gasteiger partial charge < -0.3 is 14.5 Å². The molecule has 2 amide bonds. The normalized spacial score (nSPS) is 15.2. The summed E-state index contributed by atoms with van der Waals surface area (Å²) < 4.78 is 6.16. The van der Waals surface area contributed by atoms with E-state index in [2.05, 4.69) is 22.2 Å². The van der Waals surface area contributed by atoms with Crippen LogP contribution in [-0.4, -0.2) is 65.6 Å². The molecule has 0 radical (unpaired) electrons. The van der Waals surface area contributed by atoms with Gasteiger partial charge in [0.25, 0.3) is 5.91 Å². The Kier molecular flexibility index (Phi) is 6.81. The van der Waals surface area contributed by atoms with Gasteiger partial charge in [-0.15, -0.1) is 0 Å². The third-order valence-corrected chi connectivity index (χ3v) is 6.19. The van der Waals surface area contributed by atoms with E-state index in [0.717, 1.165) is 35.3 Å². The van der Waals surface area contributed by atoms with E-state index in [4.69, 9.17) is 4.74 Å². The maximum absolute atomic E-state index is 12.8. The second-order valence-electron chi connectivity index (χ2n) is 7.84. The van der Waals surface area contributed by atoms with Crippen molar-refractivity contribution in [3.8, 4) is 0 Å². The molecule has 0 aliphatic carbocycles. The molecular weight excluding hydrogens is 408 g/mol. The number of carbonyl (C=O) groups is 2. The number of amides is 2. The van der Waals surface area contributed by atoms with Gasteiger partial charge in [0.15, 0.2) is 5.13 Å². The fourth-order valence-corrected chi connectivity index (χ4v) is 4.65. The lowest BCUT2D eigenvalue weighted by atomic mass is 10.2. The van der Waals surface area contributed by atoms with Crippen LogP contribution >= 0.6 is 23.1 Å². The van der Waals surface area contributed by atoms with Crippen LogP contribution in [0.2, 0.25) is 0 Å². The summed E-state index contributed by atoms with van der Waals surface area (Å²) in [6.07, 6.45) is 1.18. The Balaban J connectivity index is 1.61. The molecule has 2 heterocycles. The summed E-state index contributed by atoms with van der Waals surface area (Å²) in [6, 6.07) is 7.62. The molecular formula is C20H26N4O3S2. The molecule has 1 fully saturated rings. The van der Waals surface area contributed by atoms with E-state index in [9.17, 15) is 9.59 Å². The molecule has 0 spiro atoms. The first-order chi connectivity index (χ1) is 13.7. The average molecular weight is 435 g/mol. The van der Waals surface area contributed by atoms with E-state index in [-0.39, 0.29) is 5.91 Å². The number of benzene rings is 1. The highest BCUT2D eigenvalue weighted by atomic mass is 32.2. The van der Waals surface area contributed by atoms with Crippen LogP contribution in [0.5, 0.6) is 0 Å². The number of nitrogens with one attached hydrogen (secondary N) is 1. The number of hydrogen-bond donors (Lipinski definition) is 1. The molecule has 3 rings (SSSR count). The van der Waals surface area contributed by atoms with Crippen LogP contribution in [0.3, 0.4) is 0 Å². The van der Waals surface area contributed by atoms with E-state index >= 15 is 0 Å². The van der Waals surface area contributed by atoms with Gasteiger partial charge in [-0.3, -0.25) is 10.1 Å². The zero-order valence-corrected chi connectivity index (χ0v) is 18.7. The van der Waals surface area contributed by atoms with Crippen LogP contribution in [0.25, 0.3) is 0 Å². The summed E-state index contributed by atoms with van der Waals surface area (Å²) >= 11 is 2.88. The third kappa shape index (κ3) is 6.45. The Hall–Kier alpha value is -2.10. The lowest BCUT2D eigenvalue weighted by Crippen LogP contribution is -2.47. The predicted octanol–water partition coefficient (Wildman–Crippen LogP) is 4.03. The Morgan fingerprint density at radius 1 is 1.21 bits per heavy atom. The van der Waals surface area contributed by atoms with Crippen LogP contribution in [-0.2, 0) is 4.74 Å². The second kappa shape index (κ2) is 9.15. The van der Waals surface area contributed by atoms with Crippen LogP contribution in [0.1, 0.15) is 31.1 Å². The first kappa shape index (κ1) is 21.6. The van der Waals surface area contributed by atoms with Crippen molar-refractivity contribution in [1.29, 1.82) is 0 Å². The van der Waals surface area contributed by atoms with Gasteiger partial charge in [0.2, 0.25) is 0 Å². The van der Waals surface area contributed by atoms with Gasteiger partial charge in [-0.25, -0.2) is 9.78 Å². The van der Waals surface area contributed by atoms with Gasteiger partial charge >= 0.3 is 6.09 Å². The number of piperazine rings is 1. The first-order valence-electron chi connectivity index (χ1n) is 9.41. The average Bonchev–Trinajstić information content (AvgIpc) is 3.07. The molecule has 1 aromatic carbocycles. The molecule has 0 atom stereocenters. The highest BCUT2D eigenvalue weighted by Crippen LogP contribution is 2.34. The maximum Gasteiger partial charge on any atom is 0.413 e. The summed E-state index contributed by atoms with van der Waals surface area (Å²) in [4.78, 5) is 34.0. The SMILES string of the molecule is CN1CCN(C(=O)c2cccc(Sc3cnc(NC(=O)OC(C)(C)C)s3)c2)CC1. The van der Waals surface area contributed by atoms with Crippen molar-refractivity contribution in [2.24, 2.45) is 0 Å². The summed E-state index contributed by atoms with van der Waals surface area (Å²) in [5.41, 5.74) is 0.131. The smallest absolute Gasteiger partial charge is 0.413 e. The van der Waals surface area contributed by atoms with Crippen molar-refractivity contribution in [3.63, 3.8) is 0 Å². The molecule has 7 nitrogen and oxygen atoms in total. The van der Waals surface area contributed by atoms with Crippen LogP contribution in [0, 0.1) is 0 Å². The molecule has 1 saturated heterocycles. The van der Waals surface area contributed by atoms with Crippen LogP contribution in [0.4, 0.5) is 9.93 Å². The summed E-state index contributed by atoms with van der Waals surface area (Å²) in [6.45, 7) is 8.73. The molecule has 29 heavy (non-hydrogen) atoms. The molecule has 1 aliphatic rings. The summed E-state index contributed by atoms with van der Waals surface area (Å²) in [7, 11) is 2.07. The molecule has 156 valence electrons. The minimum atomic E-state index is -0.560. The number of carbonyl (C=O) groups excluding carboxylic acids is 2. The van der Waals surface area contributed by atoms with E-state index in [1.54, 1.807) is 6.20 Å². The Morgan fingerprint density at radius 2 is 1.93 bits per heavy atom. The molecule has 2 aromatic rings. The van der Waals surface area contributed by atoms with Crippen molar-refractivity contribution >= 4 is 40.2 Å². The van der Waals surface area contributed by atoms with Crippen molar-refractivity contribution in [3.05, 3.63) is 36.0 Å². The maximum atomic E-state index is 12.8. The Bertz CT molecular complexity index is 871. The van der Waals surface area contributed by atoms with Gasteiger partial charge in [0, 0.05) is 36.6 Å². The number of nitrogens with zero attached hydrogens (tertiary/aromatic N) is 3. The number of likely N-dealkylation sites (N-methyl/N-ethyl adjacent to an activating group) is 1. The number of aromatic nitrogens is 1. The highest BCUT2D eigenvalue weighted by molar-refractivity contribution is 8.01. The minimum Gasteiger partial charge on any atom is -0.444 e. The van der Waals surface area contributed by atoms with Crippen LogP contribution < -0.4 is 5.32 Å². The number of hydrogen-bond acceptors (Lipinski definition) is 7. The van der Waals surface area contributed by atoms with Gasteiger partial charge in [0.1, 0.15) is 5.60 Å². The van der Waals surface area contributed by atoms with Gasteiger partial charge in [0.05, 0.1) is 10.4 Å². The quantitative estimate of drug-likeness (QED) is 0.783. The third-order valence-electron chi connectivity index (χ3n) is 4.18. The lowest BCUT2D eigenvalue weighted by Gasteiger charge is -2.32. The van der Waals surface area contributed by atoms with E-state index in [1.165, 1.54) is 23.1 Å². The lowest BCUT2D eigenvalue weighted by molar-refractivity contribution is 0.0633. The Morgan fingerprint density at radius 3 is 2.62 bits per heavy atom. The summed E-state index contributed by atoms with van der Waals surface area (Å²) in [5.74, 6) is 0.0668. The first-order valence-corrected chi connectivity index (χ1v) is 11.0.